The summed E-state index contributed by atoms with van der Waals surface area (Å²) in [7, 11) is 0.804. The van der Waals surface area contributed by atoms with Gasteiger partial charge in [0.15, 0.2) is 5.75 Å². The summed E-state index contributed by atoms with van der Waals surface area (Å²) in [4.78, 5) is 33.5. The predicted molar refractivity (Wildman–Crippen MR) is 115 cm³/mol. The lowest BCUT2D eigenvalue weighted by molar-refractivity contribution is -0.128. The van der Waals surface area contributed by atoms with Crippen molar-refractivity contribution < 1.29 is 41.1 Å². The fourth-order valence-electron chi connectivity index (χ4n) is 2.82. The summed E-state index contributed by atoms with van der Waals surface area (Å²) in [6, 6.07) is 0. The number of hydrogen-bond donors (Lipinski definition) is 1. The highest BCUT2D eigenvalue weighted by Gasteiger charge is 2.26. The third-order valence-electron chi connectivity index (χ3n) is 4.62. The minimum absolute atomic E-state index is 0. The zero-order chi connectivity index (χ0) is 24.7. The third-order valence-corrected chi connectivity index (χ3v) is 4.62. The largest absolute Gasteiger partial charge is 0.491 e. The van der Waals surface area contributed by atoms with Crippen molar-refractivity contribution in [2.45, 2.75) is 72.6 Å². The van der Waals surface area contributed by atoms with Gasteiger partial charge in [0.2, 0.25) is 35.0 Å². The van der Waals surface area contributed by atoms with E-state index in [1.807, 2.05) is 0 Å². The highest BCUT2D eigenvalue weighted by Crippen LogP contribution is 2.28. The van der Waals surface area contributed by atoms with E-state index in [0.29, 0.717) is 12.7 Å². The number of ketones is 1. The number of unbranched alkanes of at least 4 members (excludes halogenated alkanes) is 2. The number of amides is 1. The molecular weight excluding hydrogens is 449 g/mol. The number of hydrogen-bond acceptors (Lipinski definition) is 4. The molecule has 0 aromatic heterocycles. The van der Waals surface area contributed by atoms with Crippen LogP contribution < -0.4 is 10.1 Å². The molecule has 0 unspecified atom stereocenters. The summed E-state index contributed by atoms with van der Waals surface area (Å²) in [6.07, 6.45) is 7.33. The van der Waals surface area contributed by atoms with Crippen LogP contribution in [-0.2, 0) is 14.4 Å². The molecule has 0 atom stereocenters. The Kier molecular flexibility index (Phi) is 17.8. The van der Waals surface area contributed by atoms with Gasteiger partial charge >= 0.3 is 0 Å². The Morgan fingerprint density at radius 3 is 1.73 bits per heavy atom. The molecule has 0 bridgehead atoms. The molecule has 0 spiro atoms. The molecule has 1 aromatic rings. The maximum Gasteiger partial charge on any atom is 0.220 e. The Labute approximate surface area is 192 Å². The van der Waals surface area contributed by atoms with Gasteiger partial charge in [-0.2, -0.15) is 8.78 Å². The van der Waals surface area contributed by atoms with Crippen molar-refractivity contribution in [3.8, 4) is 5.75 Å². The van der Waals surface area contributed by atoms with Gasteiger partial charge in [0.25, 0.3) is 0 Å². The first kappa shape index (κ1) is 32.7. The summed E-state index contributed by atoms with van der Waals surface area (Å²) >= 11 is 0. The first-order chi connectivity index (χ1) is 15.2. The molecule has 1 amide bonds. The summed E-state index contributed by atoms with van der Waals surface area (Å²) in [5.41, 5.74) is 0. The average Bonchev–Trinajstić information content (AvgIpc) is 2.79. The summed E-state index contributed by atoms with van der Waals surface area (Å²) < 4.78 is 66.2. The van der Waals surface area contributed by atoms with Crippen LogP contribution in [-0.4, -0.2) is 31.6 Å². The molecule has 10 heteroatoms. The van der Waals surface area contributed by atoms with E-state index in [0.717, 1.165) is 45.6 Å². The van der Waals surface area contributed by atoms with Crippen molar-refractivity contribution in [1.29, 1.82) is 0 Å². The summed E-state index contributed by atoms with van der Waals surface area (Å²) in [5, 5.41) is 2.45. The smallest absolute Gasteiger partial charge is 0.220 e. The Morgan fingerprint density at radius 2 is 1.33 bits per heavy atom. The van der Waals surface area contributed by atoms with Gasteiger partial charge < -0.3 is 14.8 Å². The zero-order valence-corrected chi connectivity index (χ0v) is 18.5. The highest BCUT2D eigenvalue weighted by atomic mass is 19.2. The van der Waals surface area contributed by atoms with E-state index in [1.54, 1.807) is 0 Å². The van der Waals surface area contributed by atoms with Crippen LogP contribution >= 0.6 is 0 Å². The molecule has 0 saturated heterocycles. The average molecular weight is 484 g/mol. The quantitative estimate of drug-likeness (QED) is 0.170. The minimum Gasteiger partial charge on any atom is -0.491 e. The van der Waals surface area contributed by atoms with Crippen LogP contribution in [0.1, 0.15) is 72.6 Å². The molecule has 0 radical (unpaired) electrons. The van der Waals surface area contributed by atoms with Crippen molar-refractivity contribution in [3.05, 3.63) is 29.1 Å². The number of benzene rings is 1. The maximum absolute atomic E-state index is 12.6. The first-order valence-electron chi connectivity index (χ1n) is 10.4. The Bertz CT molecular complexity index is 722. The van der Waals surface area contributed by atoms with Crippen molar-refractivity contribution >= 4 is 18.0 Å². The molecule has 1 aromatic carbocycles. The van der Waals surface area contributed by atoms with Crippen LogP contribution in [0.5, 0.6) is 5.75 Å². The molecule has 0 saturated carbocycles. The number of rotatable bonds is 13. The molecule has 0 aliphatic carbocycles. The molecule has 0 fully saturated rings. The Morgan fingerprint density at radius 1 is 0.879 bits per heavy atom. The van der Waals surface area contributed by atoms with Gasteiger partial charge in [-0.1, -0.05) is 47.0 Å². The zero-order valence-electron chi connectivity index (χ0n) is 18.5. The normalized spacial score (nSPS) is 10.1. The van der Waals surface area contributed by atoms with Crippen LogP contribution in [0, 0.1) is 35.0 Å². The fourth-order valence-corrected chi connectivity index (χ4v) is 2.82. The summed E-state index contributed by atoms with van der Waals surface area (Å²) in [6.45, 7) is 4.27. The number of methoxy groups -OCH3 is 1. The predicted octanol–water partition coefficient (Wildman–Crippen LogP) is 5.67. The van der Waals surface area contributed by atoms with Crippen molar-refractivity contribution in [3.63, 3.8) is 0 Å². The maximum atomic E-state index is 12.6. The number of ether oxygens (including phenoxy) is 1. The molecule has 0 aliphatic heterocycles. The standard InChI is InChI=1S/C15H27NO3.C7H3F5O.CH4/c1-3-5-7-13(8-6-4-2)14(18)9-10-15(19)16-11-12-17;1-13-7-5(11)3(9)2(8)4(10)6(7)12;/h12-13H,3-11H2,1-2H3,(H,16,19);1H3;1H4. The lowest BCUT2D eigenvalue weighted by Crippen LogP contribution is -2.26. The SMILES string of the molecule is C.CCCCC(CCCC)C(=O)CCC(=O)NCC=O.COc1c(F)c(F)c(F)c(F)c1F. The Balaban J connectivity index is 0. The molecule has 190 valence electrons. The number of Topliss-reactive ketones (excluding diaryl/α,β-unsaturated/α-hetero) is 1. The fraction of sp³-hybridized carbons (Fsp3) is 0.609. The van der Waals surface area contributed by atoms with Crippen LogP contribution in [0.15, 0.2) is 0 Å². The van der Waals surface area contributed by atoms with E-state index in [-0.39, 0.29) is 38.0 Å². The Hall–Kier alpha value is -2.52. The van der Waals surface area contributed by atoms with Gasteiger partial charge in [-0.3, -0.25) is 9.59 Å². The number of nitrogens with one attached hydrogen (secondary N) is 1. The second-order valence-electron chi connectivity index (χ2n) is 7.02. The second-order valence-corrected chi connectivity index (χ2v) is 7.02. The topological polar surface area (TPSA) is 72.5 Å². The molecule has 1 N–H and O–H groups in total. The van der Waals surface area contributed by atoms with Gasteiger partial charge in [0.05, 0.1) is 13.7 Å². The monoisotopic (exact) mass is 483 g/mol. The van der Waals surface area contributed by atoms with E-state index in [1.165, 1.54) is 0 Å². The van der Waals surface area contributed by atoms with E-state index >= 15 is 0 Å². The number of carbonyl (C=O) groups excluding carboxylic acids is 3. The molecule has 5 nitrogen and oxygen atoms in total. The van der Waals surface area contributed by atoms with E-state index < -0.39 is 34.8 Å². The van der Waals surface area contributed by atoms with E-state index in [4.69, 9.17) is 0 Å². The number of halogens is 5. The molecule has 0 heterocycles. The van der Waals surface area contributed by atoms with Crippen LogP contribution in [0.3, 0.4) is 0 Å². The van der Waals surface area contributed by atoms with Crippen LogP contribution in [0.2, 0.25) is 0 Å². The van der Waals surface area contributed by atoms with Crippen molar-refractivity contribution in [2.24, 2.45) is 5.92 Å². The van der Waals surface area contributed by atoms with Gasteiger partial charge in [0.1, 0.15) is 12.1 Å². The molecule has 33 heavy (non-hydrogen) atoms. The van der Waals surface area contributed by atoms with Crippen molar-refractivity contribution in [2.75, 3.05) is 13.7 Å². The second kappa shape index (κ2) is 18.0. The number of aldehydes is 1. The van der Waals surface area contributed by atoms with Crippen molar-refractivity contribution in [1.82, 2.24) is 5.32 Å². The lowest BCUT2D eigenvalue weighted by atomic mass is 9.90. The van der Waals surface area contributed by atoms with E-state index in [2.05, 4.69) is 23.9 Å². The first-order valence-corrected chi connectivity index (χ1v) is 10.4. The lowest BCUT2D eigenvalue weighted by Gasteiger charge is -2.14. The van der Waals surface area contributed by atoms with Gasteiger partial charge in [-0.25, -0.2) is 13.2 Å². The van der Waals surface area contributed by atoms with E-state index in [9.17, 15) is 36.3 Å². The van der Waals surface area contributed by atoms with Crippen LogP contribution in [0.25, 0.3) is 0 Å². The van der Waals surface area contributed by atoms with Crippen LogP contribution in [0.4, 0.5) is 22.0 Å². The minimum atomic E-state index is -2.20. The molecule has 1 rings (SSSR count). The van der Waals surface area contributed by atoms with Gasteiger partial charge in [-0.05, 0) is 12.8 Å². The van der Waals surface area contributed by atoms with Gasteiger partial charge in [0, 0.05) is 18.8 Å². The van der Waals surface area contributed by atoms with Gasteiger partial charge in [-0.15, -0.1) is 0 Å². The molecular formula is C23H34F5NO4. The molecule has 0 aliphatic rings. The summed E-state index contributed by atoms with van der Waals surface area (Å²) in [5.74, 6) is -11.4. The highest BCUT2D eigenvalue weighted by molar-refractivity contribution is 5.86. The number of carbonyl (C=O) groups is 3. The third kappa shape index (κ3) is 11.3.